The van der Waals surface area contributed by atoms with Crippen LogP contribution in [0.25, 0.3) is 0 Å². The van der Waals surface area contributed by atoms with Crippen molar-refractivity contribution in [1.82, 2.24) is 5.32 Å². The lowest BCUT2D eigenvalue weighted by Crippen LogP contribution is -2.37. The summed E-state index contributed by atoms with van der Waals surface area (Å²) in [6, 6.07) is 6.73. The number of amides is 2. The van der Waals surface area contributed by atoms with Gasteiger partial charge >= 0.3 is 0 Å². The van der Waals surface area contributed by atoms with Crippen molar-refractivity contribution in [2.45, 2.75) is 13.0 Å². The minimum Gasteiger partial charge on any atom is -0.375 e. The fourth-order valence-corrected chi connectivity index (χ4v) is 1.62. The van der Waals surface area contributed by atoms with Crippen LogP contribution >= 0.6 is 0 Å². The first-order valence-corrected chi connectivity index (χ1v) is 6.60. The number of rotatable bonds is 8. The summed E-state index contributed by atoms with van der Waals surface area (Å²) in [4.78, 5) is 23.1. The van der Waals surface area contributed by atoms with Gasteiger partial charge in [0, 0.05) is 25.0 Å². The molecule has 0 aliphatic carbocycles. The van der Waals surface area contributed by atoms with Crippen molar-refractivity contribution in [3.05, 3.63) is 36.9 Å². The molecule has 0 fully saturated rings. The van der Waals surface area contributed by atoms with Crippen LogP contribution in [0.15, 0.2) is 36.9 Å². The zero-order valence-corrected chi connectivity index (χ0v) is 12.3. The fourth-order valence-electron chi connectivity index (χ4n) is 1.62. The molecule has 0 bridgehead atoms. The molecule has 0 spiro atoms. The highest BCUT2D eigenvalue weighted by atomic mass is 16.5. The molecule has 0 heterocycles. The Kier molecular flexibility index (Phi) is 6.97. The number of methoxy groups -OCH3 is 1. The van der Waals surface area contributed by atoms with Crippen molar-refractivity contribution in [1.29, 1.82) is 0 Å². The average molecular weight is 291 g/mol. The second-order valence-corrected chi connectivity index (χ2v) is 4.46. The molecule has 6 heteroatoms. The average Bonchev–Trinajstić information content (AvgIpc) is 2.47. The quantitative estimate of drug-likeness (QED) is 0.632. The topological polar surface area (TPSA) is 79.5 Å². The summed E-state index contributed by atoms with van der Waals surface area (Å²) in [7, 11) is 1.46. The maximum absolute atomic E-state index is 11.7. The first-order valence-electron chi connectivity index (χ1n) is 6.60. The molecule has 0 aliphatic rings. The van der Waals surface area contributed by atoms with Crippen molar-refractivity contribution in [2.24, 2.45) is 0 Å². The summed E-state index contributed by atoms with van der Waals surface area (Å²) in [5.41, 5.74) is 1.47. The van der Waals surface area contributed by atoms with Crippen LogP contribution in [0.5, 0.6) is 0 Å². The third-order valence-electron chi connectivity index (χ3n) is 2.64. The van der Waals surface area contributed by atoms with Crippen LogP contribution in [-0.4, -0.2) is 38.1 Å². The van der Waals surface area contributed by atoms with E-state index < -0.39 is 0 Å². The van der Waals surface area contributed by atoms with Gasteiger partial charge in [-0.15, -0.1) is 6.58 Å². The SMILES string of the molecule is C=CCNC(=O)[C@@H](C)Nc1ccc(NC(=O)COC)cc1. The van der Waals surface area contributed by atoms with Gasteiger partial charge in [-0.25, -0.2) is 0 Å². The van der Waals surface area contributed by atoms with Gasteiger partial charge in [-0.2, -0.15) is 0 Å². The number of ether oxygens (including phenoxy) is 1. The minimum absolute atomic E-state index is 0.0144. The summed E-state index contributed by atoms with van der Waals surface area (Å²) < 4.78 is 4.73. The molecule has 1 aromatic rings. The van der Waals surface area contributed by atoms with Gasteiger partial charge in [0.15, 0.2) is 0 Å². The third kappa shape index (κ3) is 6.09. The van der Waals surface area contributed by atoms with Crippen molar-refractivity contribution >= 4 is 23.2 Å². The second kappa shape index (κ2) is 8.76. The molecular formula is C15H21N3O3. The normalized spacial score (nSPS) is 11.3. The highest BCUT2D eigenvalue weighted by molar-refractivity contribution is 5.92. The number of benzene rings is 1. The predicted molar refractivity (Wildman–Crippen MR) is 83.2 cm³/mol. The lowest BCUT2D eigenvalue weighted by atomic mass is 10.2. The maximum Gasteiger partial charge on any atom is 0.250 e. The van der Waals surface area contributed by atoms with Crippen molar-refractivity contribution < 1.29 is 14.3 Å². The fraction of sp³-hybridized carbons (Fsp3) is 0.333. The Morgan fingerprint density at radius 3 is 2.48 bits per heavy atom. The molecule has 0 aliphatic heterocycles. The summed E-state index contributed by atoms with van der Waals surface area (Å²) in [6.45, 7) is 5.77. The molecule has 114 valence electrons. The van der Waals surface area contributed by atoms with E-state index in [1.54, 1.807) is 37.3 Å². The summed E-state index contributed by atoms with van der Waals surface area (Å²) in [5, 5.41) is 8.48. The van der Waals surface area contributed by atoms with Crippen LogP contribution in [0.1, 0.15) is 6.92 Å². The Balaban J connectivity index is 2.52. The van der Waals surface area contributed by atoms with Crippen molar-refractivity contribution in [3.8, 4) is 0 Å². The van der Waals surface area contributed by atoms with Crippen LogP contribution in [-0.2, 0) is 14.3 Å². The molecule has 0 aromatic heterocycles. The molecule has 2 amide bonds. The Morgan fingerprint density at radius 1 is 1.29 bits per heavy atom. The number of anilines is 2. The molecule has 1 rings (SSSR count). The van der Waals surface area contributed by atoms with Gasteiger partial charge in [0.1, 0.15) is 12.6 Å². The van der Waals surface area contributed by atoms with Gasteiger partial charge in [-0.1, -0.05) is 6.08 Å². The molecule has 0 radical (unpaired) electrons. The van der Waals surface area contributed by atoms with Crippen molar-refractivity contribution in [2.75, 3.05) is 30.9 Å². The standard InChI is InChI=1S/C15H21N3O3/c1-4-9-16-15(20)11(2)17-12-5-7-13(8-6-12)18-14(19)10-21-3/h4-8,11,17H,1,9-10H2,2-3H3,(H,16,20)(H,18,19)/t11-/m1/s1. The summed E-state index contributed by atoms with van der Waals surface area (Å²) >= 11 is 0. The van der Waals surface area contributed by atoms with Gasteiger partial charge in [0.25, 0.3) is 0 Å². The maximum atomic E-state index is 11.7. The van der Waals surface area contributed by atoms with E-state index in [4.69, 9.17) is 4.74 Å². The first kappa shape index (κ1) is 16.7. The predicted octanol–water partition coefficient (Wildman–Crippen LogP) is 1.37. The van der Waals surface area contributed by atoms with Gasteiger partial charge in [-0.3, -0.25) is 9.59 Å². The lowest BCUT2D eigenvalue weighted by Gasteiger charge is -2.15. The van der Waals surface area contributed by atoms with Gasteiger partial charge in [0.2, 0.25) is 11.8 Å². The van der Waals surface area contributed by atoms with E-state index in [1.165, 1.54) is 7.11 Å². The highest BCUT2D eigenvalue weighted by Gasteiger charge is 2.11. The Bertz CT molecular complexity index is 485. The zero-order valence-electron chi connectivity index (χ0n) is 12.3. The molecule has 0 unspecified atom stereocenters. The molecule has 1 atom stereocenters. The van der Waals surface area contributed by atoms with Crippen LogP contribution in [0.3, 0.4) is 0 Å². The van der Waals surface area contributed by atoms with Crippen molar-refractivity contribution in [3.63, 3.8) is 0 Å². The Labute approximate surface area is 124 Å². The highest BCUT2D eigenvalue weighted by Crippen LogP contribution is 2.14. The van der Waals surface area contributed by atoms with E-state index in [1.807, 2.05) is 0 Å². The minimum atomic E-state index is -0.362. The number of carbonyl (C=O) groups is 2. The first-order chi connectivity index (χ1) is 10.1. The van der Waals surface area contributed by atoms with E-state index in [2.05, 4.69) is 22.5 Å². The van der Waals surface area contributed by atoms with E-state index in [0.29, 0.717) is 12.2 Å². The molecule has 21 heavy (non-hydrogen) atoms. The van der Waals surface area contributed by atoms with Crippen LogP contribution in [0, 0.1) is 0 Å². The monoisotopic (exact) mass is 291 g/mol. The number of hydrogen-bond acceptors (Lipinski definition) is 4. The van der Waals surface area contributed by atoms with Crippen LogP contribution in [0.2, 0.25) is 0 Å². The van der Waals surface area contributed by atoms with Crippen LogP contribution < -0.4 is 16.0 Å². The van der Waals surface area contributed by atoms with Crippen LogP contribution in [0.4, 0.5) is 11.4 Å². The van der Waals surface area contributed by atoms with E-state index in [-0.39, 0.29) is 24.5 Å². The second-order valence-electron chi connectivity index (χ2n) is 4.46. The number of carbonyl (C=O) groups excluding carboxylic acids is 2. The van der Waals surface area contributed by atoms with Gasteiger partial charge in [0.05, 0.1) is 0 Å². The van der Waals surface area contributed by atoms with E-state index in [9.17, 15) is 9.59 Å². The molecule has 6 nitrogen and oxygen atoms in total. The molecule has 3 N–H and O–H groups in total. The molecule has 1 aromatic carbocycles. The van der Waals surface area contributed by atoms with E-state index in [0.717, 1.165) is 5.69 Å². The smallest absolute Gasteiger partial charge is 0.250 e. The van der Waals surface area contributed by atoms with Gasteiger partial charge < -0.3 is 20.7 Å². The molecule has 0 saturated carbocycles. The van der Waals surface area contributed by atoms with Gasteiger partial charge in [-0.05, 0) is 31.2 Å². The number of hydrogen-bond donors (Lipinski definition) is 3. The lowest BCUT2D eigenvalue weighted by molar-refractivity contribution is -0.121. The molecule has 0 saturated heterocycles. The number of nitrogens with one attached hydrogen (secondary N) is 3. The summed E-state index contributed by atoms with van der Waals surface area (Å²) in [5.74, 6) is -0.317. The Morgan fingerprint density at radius 2 is 1.90 bits per heavy atom. The molecular weight excluding hydrogens is 270 g/mol. The Hall–Kier alpha value is -2.34. The summed E-state index contributed by atoms with van der Waals surface area (Å²) in [6.07, 6.45) is 1.63. The zero-order chi connectivity index (χ0) is 15.7. The largest absolute Gasteiger partial charge is 0.375 e. The third-order valence-corrected chi connectivity index (χ3v) is 2.64. The van der Waals surface area contributed by atoms with E-state index >= 15 is 0 Å².